The Balaban J connectivity index is 1.94. The normalized spacial score (nSPS) is 15.7. The molecule has 0 atom stereocenters. The minimum Gasteiger partial charge on any atom is -0.497 e. The van der Waals surface area contributed by atoms with Crippen molar-refractivity contribution in [1.82, 2.24) is 0 Å². The molecule has 0 bridgehead atoms. The van der Waals surface area contributed by atoms with Gasteiger partial charge < -0.3 is 4.74 Å². The zero-order chi connectivity index (χ0) is 18.0. The Labute approximate surface area is 147 Å². The Hall–Kier alpha value is -3.13. The number of methoxy groups -OCH3 is 1. The number of amides is 1. The van der Waals surface area contributed by atoms with Gasteiger partial charge in [0.15, 0.2) is 5.17 Å². The first kappa shape index (κ1) is 16.7. The van der Waals surface area contributed by atoms with Gasteiger partial charge >= 0.3 is 0 Å². The van der Waals surface area contributed by atoms with Crippen LogP contribution in [0.4, 0.5) is 11.4 Å². The van der Waals surface area contributed by atoms with E-state index in [2.05, 4.69) is 0 Å². The fraction of sp³-hybridized carbons (Fsp3) is 0.0588. The van der Waals surface area contributed by atoms with Crippen LogP contribution in [0.5, 0.6) is 5.75 Å². The molecule has 0 aliphatic carbocycles. The molecule has 126 valence electrons. The molecule has 0 unspecified atom stereocenters. The summed E-state index contributed by atoms with van der Waals surface area (Å²) >= 11 is 0.969. The van der Waals surface area contributed by atoms with Crippen molar-refractivity contribution in [3.8, 4) is 5.75 Å². The van der Waals surface area contributed by atoms with Gasteiger partial charge in [-0.25, -0.2) is 0 Å². The van der Waals surface area contributed by atoms with Gasteiger partial charge in [-0.05, 0) is 48.2 Å². The van der Waals surface area contributed by atoms with Crippen LogP contribution in [0, 0.1) is 15.5 Å². The van der Waals surface area contributed by atoms with E-state index in [-0.39, 0.29) is 15.8 Å². The number of nitro benzene ring substituents is 1. The van der Waals surface area contributed by atoms with Crippen LogP contribution in [0.25, 0.3) is 6.08 Å². The number of nitrogens with zero attached hydrogens (tertiary/aromatic N) is 2. The van der Waals surface area contributed by atoms with Gasteiger partial charge in [0.25, 0.3) is 11.6 Å². The van der Waals surface area contributed by atoms with Gasteiger partial charge in [-0.1, -0.05) is 12.1 Å². The van der Waals surface area contributed by atoms with E-state index in [9.17, 15) is 14.9 Å². The molecular formula is C17H13N3O4S. The van der Waals surface area contributed by atoms with E-state index in [0.717, 1.165) is 11.8 Å². The number of hydrogen-bond acceptors (Lipinski definition) is 6. The number of benzene rings is 2. The van der Waals surface area contributed by atoms with E-state index < -0.39 is 10.8 Å². The molecule has 1 aliphatic rings. The summed E-state index contributed by atoms with van der Waals surface area (Å²) in [6.45, 7) is 0. The van der Waals surface area contributed by atoms with Crippen molar-refractivity contribution >= 4 is 40.3 Å². The Kier molecular flexibility index (Phi) is 4.53. The van der Waals surface area contributed by atoms with Gasteiger partial charge in [0.1, 0.15) is 5.75 Å². The van der Waals surface area contributed by atoms with Crippen LogP contribution in [0.2, 0.25) is 0 Å². The Bertz CT molecular complexity index is 893. The molecule has 7 nitrogen and oxygen atoms in total. The topological polar surface area (TPSA) is 96.5 Å². The van der Waals surface area contributed by atoms with Gasteiger partial charge in [0.2, 0.25) is 0 Å². The highest BCUT2D eigenvalue weighted by Crippen LogP contribution is 2.36. The van der Waals surface area contributed by atoms with Crippen molar-refractivity contribution in [2.45, 2.75) is 0 Å². The molecule has 3 rings (SSSR count). The fourth-order valence-electron chi connectivity index (χ4n) is 2.37. The first-order valence-electron chi connectivity index (χ1n) is 7.21. The number of para-hydroxylation sites is 1. The van der Waals surface area contributed by atoms with Crippen LogP contribution in [0.1, 0.15) is 5.56 Å². The van der Waals surface area contributed by atoms with Gasteiger partial charge in [-0.2, -0.15) is 0 Å². The summed E-state index contributed by atoms with van der Waals surface area (Å²) in [5.74, 6) is 0.253. The third-order valence-corrected chi connectivity index (χ3v) is 4.46. The number of thioether (sulfide) groups is 1. The summed E-state index contributed by atoms with van der Waals surface area (Å²) in [7, 11) is 1.54. The highest BCUT2D eigenvalue weighted by atomic mass is 32.2. The van der Waals surface area contributed by atoms with E-state index >= 15 is 0 Å². The number of hydrogen-bond donors (Lipinski definition) is 1. The second kappa shape index (κ2) is 6.78. The van der Waals surface area contributed by atoms with Crippen molar-refractivity contribution in [3.05, 3.63) is 69.1 Å². The zero-order valence-corrected chi connectivity index (χ0v) is 13.9. The highest BCUT2D eigenvalue weighted by Gasteiger charge is 2.34. The lowest BCUT2D eigenvalue weighted by Gasteiger charge is -2.14. The molecule has 8 heteroatoms. The quantitative estimate of drug-likeness (QED) is 0.513. The van der Waals surface area contributed by atoms with Crippen molar-refractivity contribution in [2.75, 3.05) is 12.0 Å². The van der Waals surface area contributed by atoms with Crippen LogP contribution >= 0.6 is 11.8 Å². The predicted octanol–water partition coefficient (Wildman–Crippen LogP) is 3.66. The fourth-order valence-corrected chi connectivity index (χ4v) is 3.22. The molecule has 0 spiro atoms. The maximum Gasteiger partial charge on any atom is 0.276 e. The second-order valence-electron chi connectivity index (χ2n) is 5.07. The van der Waals surface area contributed by atoms with Crippen LogP contribution in [-0.4, -0.2) is 23.1 Å². The first-order valence-corrected chi connectivity index (χ1v) is 8.03. The summed E-state index contributed by atoms with van der Waals surface area (Å²) < 4.78 is 5.08. The van der Waals surface area contributed by atoms with Crippen LogP contribution in [0.3, 0.4) is 0 Å². The zero-order valence-electron chi connectivity index (χ0n) is 13.1. The second-order valence-corrected chi connectivity index (χ2v) is 6.10. The molecule has 0 aromatic heterocycles. The smallest absolute Gasteiger partial charge is 0.276 e. The molecule has 2 aromatic carbocycles. The number of ether oxygens (including phenoxy) is 1. The standard InChI is InChI=1S/C17H13N3O4S/c1-24-13-8-6-12(7-9-13)19-16(21)15(25-17(19)18)10-11-4-2-3-5-14(11)20(22)23/h2-10,18H,1H3/b15-10-,18-17?. The van der Waals surface area contributed by atoms with E-state index in [1.54, 1.807) is 49.6 Å². The van der Waals surface area contributed by atoms with Gasteiger partial charge in [0.05, 0.1) is 28.2 Å². The Morgan fingerprint density at radius 1 is 1.20 bits per heavy atom. The maximum atomic E-state index is 12.7. The molecule has 1 heterocycles. The average Bonchev–Trinajstić information content (AvgIpc) is 2.89. The summed E-state index contributed by atoms with van der Waals surface area (Å²) in [5, 5.41) is 19.2. The van der Waals surface area contributed by atoms with Crippen LogP contribution < -0.4 is 9.64 Å². The lowest BCUT2D eigenvalue weighted by atomic mass is 10.1. The van der Waals surface area contributed by atoms with Crippen molar-refractivity contribution in [2.24, 2.45) is 0 Å². The Morgan fingerprint density at radius 2 is 1.88 bits per heavy atom. The number of amidine groups is 1. The largest absolute Gasteiger partial charge is 0.497 e. The first-order chi connectivity index (χ1) is 12.0. The monoisotopic (exact) mass is 355 g/mol. The average molecular weight is 355 g/mol. The molecule has 2 aromatic rings. The number of nitro groups is 1. The Morgan fingerprint density at radius 3 is 2.52 bits per heavy atom. The molecule has 1 amide bonds. The van der Waals surface area contributed by atoms with Crippen molar-refractivity contribution in [1.29, 1.82) is 5.41 Å². The number of anilines is 1. The number of nitrogens with one attached hydrogen (secondary N) is 1. The van der Waals surface area contributed by atoms with Gasteiger partial charge in [0, 0.05) is 6.07 Å². The molecule has 0 saturated carbocycles. The van der Waals surface area contributed by atoms with E-state index in [1.807, 2.05) is 0 Å². The minimum absolute atomic E-state index is 0.0417. The molecule has 1 saturated heterocycles. The molecule has 1 fully saturated rings. The lowest BCUT2D eigenvalue weighted by molar-refractivity contribution is -0.385. The predicted molar refractivity (Wildman–Crippen MR) is 96.9 cm³/mol. The molecular weight excluding hydrogens is 342 g/mol. The van der Waals surface area contributed by atoms with Crippen LogP contribution in [-0.2, 0) is 4.79 Å². The van der Waals surface area contributed by atoms with Crippen molar-refractivity contribution in [3.63, 3.8) is 0 Å². The lowest BCUT2D eigenvalue weighted by Crippen LogP contribution is -2.27. The highest BCUT2D eigenvalue weighted by molar-refractivity contribution is 8.19. The third-order valence-electron chi connectivity index (χ3n) is 3.57. The van der Waals surface area contributed by atoms with Crippen LogP contribution in [0.15, 0.2) is 53.4 Å². The number of carbonyl (C=O) groups excluding carboxylic acids is 1. The molecule has 1 N–H and O–H groups in total. The number of carbonyl (C=O) groups is 1. The SMILES string of the molecule is COc1ccc(N2C(=N)S/C(=C\c3ccccc3[N+](=O)[O-])C2=O)cc1. The van der Waals surface area contributed by atoms with Crippen molar-refractivity contribution < 1.29 is 14.5 Å². The summed E-state index contributed by atoms with van der Waals surface area (Å²) in [5.41, 5.74) is 0.778. The minimum atomic E-state index is -0.497. The third kappa shape index (κ3) is 3.24. The molecule has 0 radical (unpaired) electrons. The maximum absolute atomic E-state index is 12.7. The van der Waals surface area contributed by atoms with Gasteiger partial charge in [-0.3, -0.25) is 25.2 Å². The molecule has 1 aliphatic heterocycles. The summed E-state index contributed by atoms with van der Waals surface area (Å²) in [4.78, 5) is 24.8. The number of rotatable bonds is 4. The molecule has 25 heavy (non-hydrogen) atoms. The van der Waals surface area contributed by atoms with E-state index in [4.69, 9.17) is 10.1 Å². The van der Waals surface area contributed by atoms with E-state index in [0.29, 0.717) is 17.0 Å². The summed E-state index contributed by atoms with van der Waals surface area (Å²) in [6, 6.07) is 12.9. The van der Waals surface area contributed by atoms with E-state index in [1.165, 1.54) is 17.0 Å². The summed E-state index contributed by atoms with van der Waals surface area (Å²) in [6.07, 6.45) is 1.45. The van der Waals surface area contributed by atoms with Gasteiger partial charge in [-0.15, -0.1) is 0 Å².